The summed E-state index contributed by atoms with van der Waals surface area (Å²) in [6.07, 6.45) is 0.832. The first-order chi connectivity index (χ1) is 8.72. The van der Waals surface area contributed by atoms with Crippen LogP contribution in [0.5, 0.6) is 0 Å². The molecule has 18 heavy (non-hydrogen) atoms. The van der Waals surface area contributed by atoms with E-state index in [2.05, 4.69) is 5.32 Å². The minimum Gasteiger partial charge on any atom is -0.408 e. The van der Waals surface area contributed by atoms with E-state index in [1.165, 1.54) is 4.57 Å². The van der Waals surface area contributed by atoms with Gasteiger partial charge >= 0.3 is 5.76 Å². The van der Waals surface area contributed by atoms with Gasteiger partial charge < -0.3 is 14.5 Å². The minimum absolute atomic E-state index is 0.326. The summed E-state index contributed by atoms with van der Waals surface area (Å²) in [6, 6.07) is 5.77. The standard InChI is InChI=1S/C13H18N2O3/c1-14-6-8-17-7-5-10-3-4-12-11(9-10)15(2)13(16)18-12/h3-4,9,14H,5-8H2,1-2H3. The molecule has 2 aromatic rings. The third kappa shape index (κ3) is 2.80. The van der Waals surface area contributed by atoms with Crippen molar-refractivity contribution < 1.29 is 9.15 Å². The first-order valence-electron chi connectivity index (χ1n) is 6.03. The highest BCUT2D eigenvalue weighted by molar-refractivity contribution is 5.73. The highest BCUT2D eigenvalue weighted by atomic mass is 16.5. The Morgan fingerprint density at radius 3 is 3.00 bits per heavy atom. The lowest BCUT2D eigenvalue weighted by Crippen LogP contribution is -2.15. The molecule has 0 saturated heterocycles. The Hall–Kier alpha value is -1.59. The summed E-state index contributed by atoms with van der Waals surface area (Å²) in [5.41, 5.74) is 2.60. The first kappa shape index (κ1) is 12.9. The lowest BCUT2D eigenvalue weighted by atomic mass is 10.1. The van der Waals surface area contributed by atoms with E-state index in [1.54, 1.807) is 7.05 Å². The van der Waals surface area contributed by atoms with Gasteiger partial charge in [-0.3, -0.25) is 4.57 Å². The summed E-state index contributed by atoms with van der Waals surface area (Å²) < 4.78 is 12.1. The maximum absolute atomic E-state index is 11.3. The molecule has 5 nitrogen and oxygen atoms in total. The van der Waals surface area contributed by atoms with Crippen LogP contribution in [0.1, 0.15) is 5.56 Å². The summed E-state index contributed by atoms with van der Waals surface area (Å²) in [6.45, 7) is 2.25. The second-order valence-electron chi connectivity index (χ2n) is 4.19. The van der Waals surface area contributed by atoms with E-state index in [0.29, 0.717) is 18.8 Å². The maximum Gasteiger partial charge on any atom is 0.419 e. The lowest BCUT2D eigenvalue weighted by Gasteiger charge is -2.04. The van der Waals surface area contributed by atoms with Crippen LogP contribution < -0.4 is 11.1 Å². The number of aromatic nitrogens is 1. The van der Waals surface area contributed by atoms with Gasteiger partial charge in [0, 0.05) is 13.6 Å². The molecular formula is C13H18N2O3. The normalized spacial score (nSPS) is 11.2. The van der Waals surface area contributed by atoms with E-state index in [4.69, 9.17) is 9.15 Å². The Morgan fingerprint density at radius 1 is 1.39 bits per heavy atom. The third-order valence-electron chi connectivity index (χ3n) is 2.89. The molecule has 0 radical (unpaired) electrons. The number of likely N-dealkylation sites (N-methyl/N-ethyl adjacent to an activating group) is 1. The van der Waals surface area contributed by atoms with Gasteiger partial charge in [-0.1, -0.05) is 6.07 Å². The predicted molar refractivity (Wildman–Crippen MR) is 69.9 cm³/mol. The van der Waals surface area contributed by atoms with Gasteiger partial charge in [0.15, 0.2) is 5.58 Å². The molecule has 98 valence electrons. The highest BCUT2D eigenvalue weighted by Crippen LogP contribution is 2.14. The molecule has 1 N–H and O–H groups in total. The number of ether oxygens (including phenoxy) is 1. The molecule has 0 amide bonds. The van der Waals surface area contributed by atoms with Crippen LogP contribution in [0.15, 0.2) is 27.4 Å². The molecule has 0 aliphatic heterocycles. The van der Waals surface area contributed by atoms with E-state index in [9.17, 15) is 4.79 Å². The van der Waals surface area contributed by atoms with Crippen LogP contribution in [-0.2, 0) is 18.2 Å². The van der Waals surface area contributed by atoms with Crippen molar-refractivity contribution in [3.05, 3.63) is 34.3 Å². The Kier molecular flexibility index (Phi) is 4.17. The van der Waals surface area contributed by atoms with Gasteiger partial charge in [-0.2, -0.15) is 0 Å². The van der Waals surface area contributed by atoms with Crippen molar-refractivity contribution in [1.29, 1.82) is 0 Å². The fraction of sp³-hybridized carbons (Fsp3) is 0.462. The Bertz CT molecular complexity index is 571. The van der Waals surface area contributed by atoms with E-state index in [-0.39, 0.29) is 5.76 Å². The summed E-state index contributed by atoms with van der Waals surface area (Å²) in [4.78, 5) is 11.3. The number of nitrogens with zero attached hydrogens (tertiary/aromatic N) is 1. The molecule has 1 aromatic heterocycles. The Balaban J connectivity index is 2.01. The zero-order valence-corrected chi connectivity index (χ0v) is 10.7. The van der Waals surface area contributed by atoms with Crippen LogP contribution in [0.4, 0.5) is 0 Å². The molecule has 0 atom stereocenters. The van der Waals surface area contributed by atoms with Crippen molar-refractivity contribution in [1.82, 2.24) is 9.88 Å². The molecule has 0 unspecified atom stereocenters. The van der Waals surface area contributed by atoms with Crippen molar-refractivity contribution in [2.24, 2.45) is 7.05 Å². The van der Waals surface area contributed by atoms with Gasteiger partial charge in [-0.15, -0.1) is 0 Å². The zero-order chi connectivity index (χ0) is 13.0. The molecule has 0 spiro atoms. The van der Waals surface area contributed by atoms with Crippen molar-refractivity contribution in [2.45, 2.75) is 6.42 Å². The SMILES string of the molecule is CNCCOCCc1ccc2oc(=O)n(C)c2c1. The number of aryl methyl sites for hydroxylation is 1. The smallest absolute Gasteiger partial charge is 0.408 e. The zero-order valence-electron chi connectivity index (χ0n) is 10.7. The quantitative estimate of drug-likeness (QED) is 0.774. The number of hydrogen-bond donors (Lipinski definition) is 1. The topological polar surface area (TPSA) is 56.4 Å². The number of oxazole rings is 1. The number of rotatable bonds is 6. The van der Waals surface area contributed by atoms with Gasteiger partial charge in [0.05, 0.1) is 18.7 Å². The van der Waals surface area contributed by atoms with Gasteiger partial charge in [0.25, 0.3) is 0 Å². The van der Waals surface area contributed by atoms with Crippen LogP contribution in [-0.4, -0.2) is 31.4 Å². The molecule has 5 heteroatoms. The average Bonchev–Trinajstić information content (AvgIpc) is 2.65. The van der Waals surface area contributed by atoms with Crippen LogP contribution in [0.25, 0.3) is 11.1 Å². The molecule has 0 aliphatic rings. The lowest BCUT2D eigenvalue weighted by molar-refractivity contribution is 0.140. The van der Waals surface area contributed by atoms with E-state index >= 15 is 0 Å². The average molecular weight is 250 g/mol. The van der Waals surface area contributed by atoms with Crippen molar-refractivity contribution >= 4 is 11.1 Å². The molecule has 0 fully saturated rings. The number of nitrogens with one attached hydrogen (secondary N) is 1. The molecule has 2 rings (SSSR count). The summed E-state index contributed by atoms with van der Waals surface area (Å²) >= 11 is 0. The largest absolute Gasteiger partial charge is 0.419 e. The molecule has 0 saturated carbocycles. The molecule has 0 bridgehead atoms. The van der Waals surface area contributed by atoms with Gasteiger partial charge in [-0.25, -0.2) is 4.79 Å². The third-order valence-corrected chi connectivity index (χ3v) is 2.89. The van der Waals surface area contributed by atoms with Crippen molar-refractivity contribution in [3.8, 4) is 0 Å². The molecule has 1 heterocycles. The van der Waals surface area contributed by atoms with E-state index < -0.39 is 0 Å². The van der Waals surface area contributed by atoms with Crippen LogP contribution in [0, 0.1) is 0 Å². The van der Waals surface area contributed by atoms with E-state index in [1.807, 2.05) is 25.2 Å². The first-order valence-corrected chi connectivity index (χ1v) is 6.03. The molecular weight excluding hydrogens is 232 g/mol. The highest BCUT2D eigenvalue weighted by Gasteiger charge is 2.06. The van der Waals surface area contributed by atoms with Crippen LogP contribution >= 0.6 is 0 Å². The van der Waals surface area contributed by atoms with Crippen molar-refractivity contribution in [3.63, 3.8) is 0 Å². The van der Waals surface area contributed by atoms with Crippen molar-refractivity contribution in [2.75, 3.05) is 26.8 Å². The summed E-state index contributed by atoms with van der Waals surface area (Å²) in [5.74, 6) is -0.326. The van der Waals surface area contributed by atoms with Crippen LogP contribution in [0.3, 0.4) is 0 Å². The van der Waals surface area contributed by atoms with Gasteiger partial charge in [0.2, 0.25) is 0 Å². The second kappa shape index (κ2) is 5.84. The summed E-state index contributed by atoms with van der Waals surface area (Å²) in [5, 5.41) is 3.03. The summed E-state index contributed by atoms with van der Waals surface area (Å²) in [7, 11) is 3.61. The van der Waals surface area contributed by atoms with Gasteiger partial charge in [-0.05, 0) is 31.2 Å². The van der Waals surface area contributed by atoms with E-state index in [0.717, 1.165) is 24.0 Å². The fourth-order valence-corrected chi connectivity index (χ4v) is 1.79. The number of fused-ring (bicyclic) bond motifs is 1. The fourth-order valence-electron chi connectivity index (χ4n) is 1.79. The number of benzene rings is 1. The number of hydrogen-bond acceptors (Lipinski definition) is 4. The second-order valence-corrected chi connectivity index (χ2v) is 4.19. The molecule has 1 aromatic carbocycles. The molecule has 0 aliphatic carbocycles. The maximum atomic E-state index is 11.3. The Labute approximate surface area is 105 Å². The van der Waals surface area contributed by atoms with Crippen LogP contribution in [0.2, 0.25) is 0 Å². The van der Waals surface area contributed by atoms with Gasteiger partial charge in [0.1, 0.15) is 0 Å². The Morgan fingerprint density at radius 2 is 2.22 bits per heavy atom. The minimum atomic E-state index is -0.326. The predicted octanol–water partition coefficient (Wildman–Crippen LogP) is 0.910. The monoisotopic (exact) mass is 250 g/mol.